The van der Waals surface area contributed by atoms with Gasteiger partial charge in [0.1, 0.15) is 0 Å². The Hall–Kier alpha value is -1.41. The lowest BCUT2D eigenvalue weighted by Crippen LogP contribution is -2.17. The fraction of sp³-hybridized carbons (Fsp3) is 0.438. The molecule has 1 fully saturated rings. The second kappa shape index (κ2) is 5.49. The van der Waals surface area contributed by atoms with E-state index in [0.29, 0.717) is 0 Å². The van der Waals surface area contributed by atoms with E-state index in [9.17, 15) is 0 Å². The molecule has 1 aromatic carbocycles. The number of aryl methyl sites for hydroxylation is 1. The fourth-order valence-corrected chi connectivity index (χ4v) is 2.41. The van der Waals surface area contributed by atoms with Crippen molar-refractivity contribution in [2.75, 3.05) is 6.54 Å². The van der Waals surface area contributed by atoms with Crippen LogP contribution in [0.1, 0.15) is 31.2 Å². The number of rotatable bonds is 6. The molecule has 2 aromatic rings. The number of hydrogen-bond donors (Lipinski definition) is 1. The molecule has 3 rings (SSSR count). The Morgan fingerprint density at radius 1 is 1.11 bits per heavy atom. The Balaban J connectivity index is 1.56. The SMILES string of the molecule is c1ccc2c(CCCCNC3CC3)ccnc2c1. The molecule has 1 saturated carbocycles. The molecule has 2 heteroatoms. The second-order valence-corrected chi connectivity index (χ2v) is 5.17. The summed E-state index contributed by atoms with van der Waals surface area (Å²) < 4.78 is 0. The Kier molecular flexibility index (Phi) is 3.56. The van der Waals surface area contributed by atoms with Gasteiger partial charge in [-0.15, -0.1) is 0 Å². The zero-order valence-corrected chi connectivity index (χ0v) is 10.7. The van der Waals surface area contributed by atoms with E-state index in [1.807, 2.05) is 6.20 Å². The lowest BCUT2D eigenvalue weighted by Gasteiger charge is -2.06. The summed E-state index contributed by atoms with van der Waals surface area (Å²) >= 11 is 0. The topological polar surface area (TPSA) is 24.9 Å². The summed E-state index contributed by atoms with van der Waals surface area (Å²) in [6, 6.07) is 11.4. The van der Waals surface area contributed by atoms with Crippen molar-refractivity contribution in [2.45, 2.75) is 38.1 Å². The summed E-state index contributed by atoms with van der Waals surface area (Å²) in [5.41, 5.74) is 2.55. The number of aromatic nitrogens is 1. The highest BCUT2D eigenvalue weighted by molar-refractivity contribution is 5.81. The Morgan fingerprint density at radius 3 is 2.89 bits per heavy atom. The first-order valence-corrected chi connectivity index (χ1v) is 6.99. The maximum absolute atomic E-state index is 4.41. The fourth-order valence-electron chi connectivity index (χ4n) is 2.41. The van der Waals surface area contributed by atoms with Crippen molar-refractivity contribution in [1.82, 2.24) is 10.3 Å². The molecule has 0 aliphatic heterocycles. The molecule has 1 aliphatic carbocycles. The van der Waals surface area contributed by atoms with Crippen LogP contribution in [-0.4, -0.2) is 17.6 Å². The summed E-state index contributed by atoms with van der Waals surface area (Å²) in [5, 5.41) is 4.88. The summed E-state index contributed by atoms with van der Waals surface area (Å²) in [7, 11) is 0. The van der Waals surface area contributed by atoms with E-state index in [1.54, 1.807) is 0 Å². The van der Waals surface area contributed by atoms with Gasteiger partial charge in [0.15, 0.2) is 0 Å². The van der Waals surface area contributed by atoms with Crippen molar-refractivity contribution in [3.05, 3.63) is 42.1 Å². The third-order valence-electron chi connectivity index (χ3n) is 3.62. The van der Waals surface area contributed by atoms with Crippen molar-refractivity contribution in [3.8, 4) is 0 Å². The highest BCUT2D eigenvalue weighted by atomic mass is 14.9. The second-order valence-electron chi connectivity index (χ2n) is 5.17. The van der Waals surface area contributed by atoms with E-state index < -0.39 is 0 Å². The minimum Gasteiger partial charge on any atom is -0.314 e. The maximum atomic E-state index is 4.41. The quantitative estimate of drug-likeness (QED) is 0.784. The highest BCUT2D eigenvalue weighted by Gasteiger charge is 2.19. The lowest BCUT2D eigenvalue weighted by atomic mass is 10.0. The number of unbranched alkanes of at least 4 members (excludes halogenated alkanes) is 1. The van der Waals surface area contributed by atoms with E-state index >= 15 is 0 Å². The van der Waals surface area contributed by atoms with Crippen LogP contribution in [0.2, 0.25) is 0 Å². The van der Waals surface area contributed by atoms with Gasteiger partial charge >= 0.3 is 0 Å². The van der Waals surface area contributed by atoms with Gasteiger partial charge < -0.3 is 5.32 Å². The number of nitrogens with zero attached hydrogens (tertiary/aromatic N) is 1. The van der Waals surface area contributed by atoms with E-state index in [0.717, 1.165) is 18.0 Å². The largest absolute Gasteiger partial charge is 0.314 e. The average molecular weight is 240 g/mol. The van der Waals surface area contributed by atoms with Gasteiger partial charge in [-0.3, -0.25) is 4.98 Å². The van der Waals surface area contributed by atoms with Gasteiger partial charge in [0, 0.05) is 17.6 Å². The minimum absolute atomic E-state index is 0.840. The minimum atomic E-state index is 0.840. The molecular formula is C16H20N2. The molecule has 0 spiro atoms. The number of nitrogens with one attached hydrogen (secondary N) is 1. The predicted octanol–water partition coefficient (Wildman–Crippen LogP) is 3.31. The van der Waals surface area contributed by atoms with Crippen molar-refractivity contribution in [2.24, 2.45) is 0 Å². The van der Waals surface area contributed by atoms with Gasteiger partial charge in [-0.05, 0) is 56.3 Å². The standard InChI is InChI=1S/C16H20N2/c1-2-7-16-15(6-1)13(10-12-18-16)5-3-4-11-17-14-8-9-14/h1-2,6-7,10,12,14,17H,3-5,8-9,11H2. The normalized spacial score (nSPS) is 15.1. The van der Waals surface area contributed by atoms with Gasteiger partial charge in [-0.1, -0.05) is 18.2 Å². The molecule has 1 aliphatic rings. The summed E-state index contributed by atoms with van der Waals surface area (Å²) in [6.07, 6.45) is 8.39. The molecule has 0 radical (unpaired) electrons. The molecule has 1 heterocycles. The molecular weight excluding hydrogens is 220 g/mol. The molecule has 1 aromatic heterocycles. The maximum Gasteiger partial charge on any atom is 0.0704 e. The van der Waals surface area contributed by atoms with E-state index in [-0.39, 0.29) is 0 Å². The molecule has 0 unspecified atom stereocenters. The van der Waals surface area contributed by atoms with E-state index in [2.05, 4.69) is 40.6 Å². The number of benzene rings is 1. The molecule has 0 atom stereocenters. The van der Waals surface area contributed by atoms with Crippen LogP contribution in [0.25, 0.3) is 10.9 Å². The molecule has 1 N–H and O–H groups in total. The van der Waals surface area contributed by atoms with Crippen molar-refractivity contribution in [1.29, 1.82) is 0 Å². The van der Waals surface area contributed by atoms with Gasteiger partial charge in [0.05, 0.1) is 5.52 Å². The van der Waals surface area contributed by atoms with Gasteiger partial charge in [0.25, 0.3) is 0 Å². The summed E-state index contributed by atoms with van der Waals surface area (Å²) in [5.74, 6) is 0. The molecule has 94 valence electrons. The summed E-state index contributed by atoms with van der Waals surface area (Å²) in [4.78, 5) is 4.41. The monoisotopic (exact) mass is 240 g/mol. The zero-order chi connectivity index (χ0) is 12.2. The van der Waals surface area contributed by atoms with Crippen LogP contribution in [0.15, 0.2) is 36.5 Å². The van der Waals surface area contributed by atoms with Crippen molar-refractivity contribution < 1.29 is 0 Å². The Labute approximate surface area is 108 Å². The number of pyridine rings is 1. The van der Waals surface area contributed by atoms with Gasteiger partial charge in [-0.25, -0.2) is 0 Å². The van der Waals surface area contributed by atoms with E-state index in [4.69, 9.17) is 0 Å². The van der Waals surface area contributed by atoms with Crippen LogP contribution in [-0.2, 0) is 6.42 Å². The Bertz CT molecular complexity index is 512. The first-order chi connectivity index (χ1) is 8.93. The number of para-hydroxylation sites is 1. The van der Waals surface area contributed by atoms with Crippen LogP contribution in [0.3, 0.4) is 0 Å². The highest BCUT2D eigenvalue weighted by Crippen LogP contribution is 2.19. The molecule has 0 amide bonds. The number of fused-ring (bicyclic) bond motifs is 1. The third kappa shape index (κ3) is 2.88. The van der Waals surface area contributed by atoms with Gasteiger partial charge in [-0.2, -0.15) is 0 Å². The first-order valence-electron chi connectivity index (χ1n) is 6.99. The Morgan fingerprint density at radius 2 is 2.00 bits per heavy atom. The molecule has 0 bridgehead atoms. The van der Waals surface area contributed by atoms with Crippen LogP contribution >= 0.6 is 0 Å². The first kappa shape index (κ1) is 11.7. The zero-order valence-electron chi connectivity index (χ0n) is 10.7. The summed E-state index contributed by atoms with van der Waals surface area (Å²) in [6.45, 7) is 1.17. The predicted molar refractivity (Wildman–Crippen MR) is 75.7 cm³/mol. The smallest absolute Gasteiger partial charge is 0.0704 e. The van der Waals surface area contributed by atoms with E-state index in [1.165, 1.54) is 43.2 Å². The van der Waals surface area contributed by atoms with Crippen LogP contribution < -0.4 is 5.32 Å². The molecule has 2 nitrogen and oxygen atoms in total. The third-order valence-corrected chi connectivity index (χ3v) is 3.62. The molecule has 0 saturated heterocycles. The van der Waals surface area contributed by atoms with Crippen molar-refractivity contribution in [3.63, 3.8) is 0 Å². The van der Waals surface area contributed by atoms with Crippen LogP contribution in [0, 0.1) is 0 Å². The molecule has 18 heavy (non-hydrogen) atoms. The van der Waals surface area contributed by atoms with Crippen LogP contribution in [0.4, 0.5) is 0 Å². The lowest BCUT2D eigenvalue weighted by molar-refractivity contribution is 0.620. The van der Waals surface area contributed by atoms with Gasteiger partial charge in [0.2, 0.25) is 0 Å². The van der Waals surface area contributed by atoms with Crippen molar-refractivity contribution >= 4 is 10.9 Å². The average Bonchev–Trinajstić information content (AvgIpc) is 3.23. The van der Waals surface area contributed by atoms with Crippen LogP contribution in [0.5, 0.6) is 0 Å². The number of hydrogen-bond acceptors (Lipinski definition) is 2.